The first kappa shape index (κ1) is 10.8. The van der Waals surface area contributed by atoms with Gasteiger partial charge in [-0.1, -0.05) is 29.8 Å². The zero-order valence-corrected chi connectivity index (χ0v) is 9.88. The number of ether oxygens (including phenoxy) is 1. The van der Waals surface area contributed by atoms with Gasteiger partial charge in [0.25, 0.3) is 0 Å². The van der Waals surface area contributed by atoms with E-state index in [1.807, 2.05) is 31.2 Å². The van der Waals surface area contributed by atoms with Gasteiger partial charge in [-0.05, 0) is 12.5 Å². The third-order valence-electron chi connectivity index (χ3n) is 2.26. The van der Waals surface area contributed by atoms with Crippen LogP contribution in [0.1, 0.15) is 16.1 Å². The number of hydrogen-bond donors (Lipinski definition) is 0. The standard InChI is InChI=1S/C12H11NO2S/c1-8-3-5-9(6-4-8)11-10(12(14)15-2)13-7-16-11/h3-7H,1-2H3. The molecule has 0 spiro atoms. The Hall–Kier alpha value is -1.68. The fourth-order valence-corrected chi connectivity index (χ4v) is 2.18. The molecule has 0 fully saturated rings. The van der Waals surface area contributed by atoms with Crippen LogP contribution >= 0.6 is 11.3 Å². The molecule has 0 N–H and O–H groups in total. The van der Waals surface area contributed by atoms with Gasteiger partial charge in [-0.25, -0.2) is 9.78 Å². The number of aryl methyl sites for hydroxylation is 1. The maximum Gasteiger partial charge on any atom is 0.358 e. The third-order valence-corrected chi connectivity index (χ3v) is 3.14. The molecule has 0 unspecified atom stereocenters. The van der Waals surface area contributed by atoms with Crippen LogP contribution in [-0.2, 0) is 4.74 Å². The van der Waals surface area contributed by atoms with Crippen LogP contribution in [0.15, 0.2) is 29.8 Å². The van der Waals surface area contributed by atoms with Crippen LogP contribution in [0, 0.1) is 6.92 Å². The van der Waals surface area contributed by atoms with Gasteiger partial charge in [0.05, 0.1) is 17.5 Å². The first-order valence-electron chi connectivity index (χ1n) is 4.81. The summed E-state index contributed by atoms with van der Waals surface area (Å²) in [7, 11) is 1.36. The zero-order chi connectivity index (χ0) is 11.5. The second-order valence-electron chi connectivity index (χ2n) is 3.39. The van der Waals surface area contributed by atoms with Crippen molar-refractivity contribution in [1.29, 1.82) is 0 Å². The fourth-order valence-electron chi connectivity index (χ4n) is 1.40. The number of rotatable bonds is 2. The number of thiazole rings is 1. The Bertz CT molecular complexity index is 502. The predicted octanol–water partition coefficient (Wildman–Crippen LogP) is 2.91. The number of carbonyl (C=O) groups is 1. The number of benzene rings is 1. The van der Waals surface area contributed by atoms with E-state index >= 15 is 0 Å². The second-order valence-corrected chi connectivity index (χ2v) is 4.24. The highest BCUT2D eigenvalue weighted by Crippen LogP contribution is 2.28. The molecule has 0 amide bonds. The van der Waals surface area contributed by atoms with Crippen LogP contribution in [-0.4, -0.2) is 18.1 Å². The van der Waals surface area contributed by atoms with E-state index in [4.69, 9.17) is 0 Å². The van der Waals surface area contributed by atoms with Crippen molar-refractivity contribution < 1.29 is 9.53 Å². The SMILES string of the molecule is COC(=O)c1ncsc1-c1ccc(C)cc1. The molecule has 3 nitrogen and oxygen atoms in total. The van der Waals surface area contributed by atoms with Crippen molar-refractivity contribution in [3.8, 4) is 10.4 Å². The van der Waals surface area contributed by atoms with Gasteiger partial charge in [-0.2, -0.15) is 0 Å². The van der Waals surface area contributed by atoms with E-state index < -0.39 is 5.97 Å². The summed E-state index contributed by atoms with van der Waals surface area (Å²) in [6.45, 7) is 2.03. The maximum atomic E-state index is 11.5. The molecule has 0 aliphatic rings. The van der Waals surface area contributed by atoms with E-state index in [0.29, 0.717) is 5.69 Å². The molecule has 0 radical (unpaired) electrons. The molecule has 0 atom stereocenters. The number of methoxy groups -OCH3 is 1. The average molecular weight is 233 g/mol. The van der Waals surface area contributed by atoms with Crippen molar-refractivity contribution in [2.75, 3.05) is 7.11 Å². The lowest BCUT2D eigenvalue weighted by Gasteiger charge is -2.01. The van der Waals surface area contributed by atoms with Crippen molar-refractivity contribution in [2.24, 2.45) is 0 Å². The second kappa shape index (κ2) is 4.45. The monoisotopic (exact) mass is 233 g/mol. The molecule has 0 saturated carbocycles. The molecule has 1 aromatic carbocycles. The third kappa shape index (κ3) is 1.97. The maximum absolute atomic E-state index is 11.5. The van der Waals surface area contributed by atoms with Crippen molar-refractivity contribution in [3.05, 3.63) is 41.0 Å². The topological polar surface area (TPSA) is 39.2 Å². The van der Waals surface area contributed by atoms with Gasteiger partial charge in [0.15, 0.2) is 5.69 Å². The lowest BCUT2D eigenvalue weighted by atomic mass is 10.1. The van der Waals surface area contributed by atoms with E-state index in [1.54, 1.807) is 5.51 Å². The number of nitrogens with zero attached hydrogens (tertiary/aromatic N) is 1. The van der Waals surface area contributed by atoms with Crippen molar-refractivity contribution in [1.82, 2.24) is 4.98 Å². The van der Waals surface area contributed by atoms with Crippen molar-refractivity contribution in [2.45, 2.75) is 6.92 Å². The van der Waals surface area contributed by atoms with Gasteiger partial charge in [-0.15, -0.1) is 11.3 Å². The minimum Gasteiger partial charge on any atom is -0.464 e. The summed E-state index contributed by atoms with van der Waals surface area (Å²) < 4.78 is 4.69. The van der Waals surface area contributed by atoms with Crippen LogP contribution in [0.4, 0.5) is 0 Å². The average Bonchev–Trinajstić information content (AvgIpc) is 2.78. The van der Waals surface area contributed by atoms with Crippen LogP contribution < -0.4 is 0 Å². The lowest BCUT2D eigenvalue weighted by molar-refractivity contribution is 0.0596. The van der Waals surface area contributed by atoms with E-state index in [0.717, 1.165) is 10.4 Å². The Morgan fingerprint density at radius 3 is 2.62 bits per heavy atom. The van der Waals surface area contributed by atoms with Crippen LogP contribution in [0.25, 0.3) is 10.4 Å². The van der Waals surface area contributed by atoms with E-state index in [-0.39, 0.29) is 0 Å². The Balaban J connectivity index is 2.44. The lowest BCUT2D eigenvalue weighted by Crippen LogP contribution is -2.02. The minimum atomic E-state index is -0.392. The first-order valence-corrected chi connectivity index (χ1v) is 5.69. The molecular weight excluding hydrogens is 222 g/mol. The normalized spacial score (nSPS) is 10.1. The molecule has 0 bridgehead atoms. The molecule has 82 valence electrons. The number of esters is 1. The summed E-state index contributed by atoms with van der Waals surface area (Å²) in [6.07, 6.45) is 0. The van der Waals surface area contributed by atoms with Crippen LogP contribution in [0.2, 0.25) is 0 Å². The molecule has 2 rings (SSSR count). The summed E-state index contributed by atoms with van der Waals surface area (Å²) >= 11 is 1.44. The van der Waals surface area contributed by atoms with Crippen LogP contribution in [0.5, 0.6) is 0 Å². The molecule has 0 aliphatic carbocycles. The molecule has 2 aromatic rings. The number of hydrogen-bond acceptors (Lipinski definition) is 4. The molecular formula is C12H11NO2S. The number of aromatic nitrogens is 1. The Kier molecular flexibility index (Phi) is 3.01. The molecule has 1 aromatic heterocycles. The summed E-state index contributed by atoms with van der Waals surface area (Å²) in [5, 5.41) is 0. The summed E-state index contributed by atoms with van der Waals surface area (Å²) in [5.41, 5.74) is 4.22. The van der Waals surface area contributed by atoms with Gasteiger partial charge in [-0.3, -0.25) is 0 Å². The van der Waals surface area contributed by atoms with E-state index in [1.165, 1.54) is 24.0 Å². The van der Waals surface area contributed by atoms with Gasteiger partial charge in [0.1, 0.15) is 0 Å². The largest absolute Gasteiger partial charge is 0.464 e. The van der Waals surface area contributed by atoms with Gasteiger partial charge in [0.2, 0.25) is 0 Å². The van der Waals surface area contributed by atoms with Gasteiger partial charge >= 0.3 is 5.97 Å². The molecule has 1 heterocycles. The molecule has 0 aliphatic heterocycles. The highest BCUT2D eigenvalue weighted by molar-refractivity contribution is 7.13. The molecule has 16 heavy (non-hydrogen) atoms. The molecule has 0 saturated heterocycles. The zero-order valence-electron chi connectivity index (χ0n) is 9.06. The van der Waals surface area contributed by atoms with Crippen molar-refractivity contribution >= 4 is 17.3 Å². The highest BCUT2D eigenvalue weighted by atomic mass is 32.1. The Labute approximate surface area is 97.7 Å². The quantitative estimate of drug-likeness (QED) is 0.749. The summed E-state index contributed by atoms with van der Waals surface area (Å²) in [5.74, 6) is -0.392. The summed E-state index contributed by atoms with van der Waals surface area (Å²) in [4.78, 5) is 16.3. The van der Waals surface area contributed by atoms with E-state index in [2.05, 4.69) is 9.72 Å². The minimum absolute atomic E-state index is 0.386. The fraction of sp³-hybridized carbons (Fsp3) is 0.167. The van der Waals surface area contributed by atoms with Crippen LogP contribution in [0.3, 0.4) is 0 Å². The first-order chi connectivity index (χ1) is 7.72. The predicted molar refractivity (Wildman–Crippen MR) is 63.6 cm³/mol. The van der Waals surface area contributed by atoms with Crippen molar-refractivity contribution in [3.63, 3.8) is 0 Å². The number of carbonyl (C=O) groups excluding carboxylic acids is 1. The molecule has 4 heteroatoms. The highest BCUT2D eigenvalue weighted by Gasteiger charge is 2.16. The Morgan fingerprint density at radius 2 is 2.00 bits per heavy atom. The van der Waals surface area contributed by atoms with Gasteiger partial charge < -0.3 is 4.74 Å². The smallest absolute Gasteiger partial charge is 0.358 e. The van der Waals surface area contributed by atoms with E-state index in [9.17, 15) is 4.79 Å². The van der Waals surface area contributed by atoms with Gasteiger partial charge in [0, 0.05) is 0 Å². The summed E-state index contributed by atoms with van der Waals surface area (Å²) in [6, 6.07) is 7.98. The Morgan fingerprint density at radius 1 is 1.31 bits per heavy atom.